The van der Waals surface area contributed by atoms with E-state index in [-0.39, 0.29) is 23.6 Å². The lowest BCUT2D eigenvalue weighted by atomic mass is 10.1. The zero-order valence-corrected chi connectivity index (χ0v) is 13.4. The molecular formula is C17H19NO5. The van der Waals surface area contributed by atoms with E-state index in [4.69, 9.17) is 14.2 Å². The number of ether oxygens (including phenoxy) is 3. The van der Waals surface area contributed by atoms with Crippen molar-refractivity contribution in [2.75, 3.05) is 20.8 Å². The van der Waals surface area contributed by atoms with Gasteiger partial charge in [-0.2, -0.15) is 0 Å². The van der Waals surface area contributed by atoms with Gasteiger partial charge in [0.15, 0.2) is 11.5 Å². The Balaban J connectivity index is 2.35. The molecule has 0 radical (unpaired) electrons. The highest BCUT2D eigenvalue weighted by atomic mass is 16.5. The molecule has 0 bridgehead atoms. The summed E-state index contributed by atoms with van der Waals surface area (Å²) in [6, 6.07) is 3.60. The van der Waals surface area contributed by atoms with Crippen LogP contribution in [-0.2, 0) is 4.74 Å². The number of hydrogen-bond acceptors (Lipinski definition) is 5. The fraction of sp³-hybridized carbons (Fsp3) is 0.412. The molecule has 0 amide bonds. The van der Waals surface area contributed by atoms with Crippen molar-refractivity contribution < 1.29 is 19.0 Å². The minimum Gasteiger partial charge on any atom is -0.493 e. The molecule has 1 aliphatic carbocycles. The second-order valence-corrected chi connectivity index (χ2v) is 5.43. The molecule has 1 fully saturated rings. The predicted molar refractivity (Wildman–Crippen MR) is 85.5 cm³/mol. The molecule has 0 N–H and O–H groups in total. The maximum Gasteiger partial charge on any atom is 0.343 e. The van der Waals surface area contributed by atoms with Gasteiger partial charge < -0.3 is 18.8 Å². The normalized spacial score (nSPS) is 13.9. The Morgan fingerprint density at radius 2 is 2.00 bits per heavy atom. The molecule has 1 heterocycles. The van der Waals surface area contributed by atoms with Gasteiger partial charge in [0, 0.05) is 12.2 Å². The third-order valence-corrected chi connectivity index (χ3v) is 3.97. The molecule has 1 saturated carbocycles. The van der Waals surface area contributed by atoms with Crippen LogP contribution in [-0.4, -0.2) is 31.4 Å². The summed E-state index contributed by atoms with van der Waals surface area (Å²) in [6.45, 7) is 1.94. The molecule has 122 valence electrons. The van der Waals surface area contributed by atoms with Crippen molar-refractivity contribution in [2.24, 2.45) is 0 Å². The highest BCUT2D eigenvalue weighted by Crippen LogP contribution is 2.42. The average Bonchev–Trinajstić information content (AvgIpc) is 3.39. The standard InChI is InChI=1S/C17H19NO5/c1-4-23-17(20)12-9-18(10-5-6-10)14-11(15(12)19)7-8-13(21-2)16(14)22-3/h7-10H,4-6H2,1-3H3. The van der Waals surface area contributed by atoms with Crippen LogP contribution in [0.4, 0.5) is 0 Å². The number of methoxy groups -OCH3 is 2. The van der Waals surface area contributed by atoms with Crippen molar-refractivity contribution >= 4 is 16.9 Å². The molecule has 3 rings (SSSR count). The molecule has 0 saturated heterocycles. The van der Waals surface area contributed by atoms with Gasteiger partial charge in [0.05, 0.1) is 31.7 Å². The van der Waals surface area contributed by atoms with Crippen LogP contribution in [0.3, 0.4) is 0 Å². The fourth-order valence-electron chi connectivity index (χ4n) is 2.75. The van der Waals surface area contributed by atoms with Crippen molar-refractivity contribution in [2.45, 2.75) is 25.8 Å². The van der Waals surface area contributed by atoms with Gasteiger partial charge >= 0.3 is 5.97 Å². The molecule has 1 aliphatic rings. The lowest BCUT2D eigenvalue weighted by Crippen LogP contribution is -2.21. The molecule has 1 aromatic heterocycles. The molecule has 0 aliphatic heterocycles. The van der Waals surface area contributed by atoms with Crippen LogP contribution in [0.5, 0.6) is 11.5 Å². The zero-order chi connectivity index (χ0) is 16.6. The number of carbonyl (C=O) groups excluding carboxylic acids is 1. The van der Waals surface area contributed by atoms with Gasteiger partial charge in [-0.05, 0) is 31.9 Å². The second-order valence-electron chi connectivity index (χ2n) is 5.43. The molecule has 0 atom stereocenters. The Labute approximate surface area is 133 Å². The van der Waals surface area contributed by atoms with Crippen molar-refractivity contribution in [3.05, 3.63) is 34.1 Å². The first-order valence-electron chi connectivity index (χ1n) is 7.59. The van der Waals surface area contributed by atoms with Crippen molar-refractivity contribution in [1.29, 1.82) is 0 Å². The van der Waals surface area contributed by atoms with Crippen LogP contribution in [0.2, 0.25) is 0 Å². The van der Waals surface area contributed by atoms with E-state index in [9.17, 15) is 9.59 Å². The smallest absolute Gasteiger partial charge is 0.343 e. The number of nitrogens with zero attached hydrogens (tertiary/aromatic N) is 1. The lowest BCUT2D eigenvalue weighted by Gasteiger charge is -2.17. The molecule has 2 aromatic rings. The Bertz CT molecular complexity index is 820. The largest absolute Gasteiger partial charge is 0.493 e. The van der Waals surface area contributed by atoms with Crippen molar-refractivity contribution in [1.82, 2.24) is 4.57 Å². The number of esters is 1. The molecule has 0 spiro atoms. The first kappa shape index (κ1) is 15.4. The van der Waals surface area contributed by atoms with Gasteiger partial charge in [0.2, 0.25) is 5.43 Å². The topological polar surface area (TPSA) is 66.8 Å². The van der Waals surface area contributed by atoms with E-state index < -0.39 is 5.97 Å². The van der Waals surface area contributed by atoms with Crippen LogP contribution in [0, 0.1) is 0 Å². The zero-order valence-electron chi connectivity index (χ0n) is 13.4. The van der Waals surface area contributed by atoms with Crippen LogP contribution in [0.1, 0.15) is 36.2 Å². The summed E-state index contributed by atoms with van der Waals surface area (Å²) >= 11 is 0. The number of carbonyl (C=O) groups is 1. The minimum absolute atomic E-state index is 0.0541. The van der Waals surface area contributed by atoms with Crippen LogP contribution in [0.15, 0.2) is 23.1 Å². The van der Waals surface area contributed by atoms with Gasteiger partial charge in [-0.15, -0.1) is 0 Å². The van der Waals surface area contributed by atoms with E-state index in [1.54, 1.807) is 32.4 Å². The Kier molecular flexibility index (Phi) is 3.98. The number of aromatic nitrogens is 1. The second kappa shape index (κ2) is 5.95. The van der Waals surface area contributed by atoms with E-state index in [0.29, 0.717) is 22.4 Å². The molecule has 1 aromatic carbocycles. The summed E-state index contributed by atoms with van der Waals surface area (Å²) in [5.41, 5.74) is 0.363. The van der Waals surface area contributed by atoms with E-state index in [1.807, 2.05) is 4.57 Å². The molecular weight excluding hydrogens is 298 g/mol. The maximum absolute atomic E-state index is 12.7. The SMILES string of the molecule is CCOC(=O)c1cn(C2CC2)c2c(OC)c(OC)ccc2c1=O. The average molecular weight is 317 g/mol. The number of hydrogen-bond donors (Lipinski definition) is 0. The van der Waals surface area contributed by atoms with Crippen LogP contribution in [0.25, 0.3) is 10.9 Å². The van der Waals surface area contributed by atoms with Crippen LogP contribution >= 0.6 is 0 Å². The quantitative estimate of drug-likeness (QED) is 0.793. The summed E-state index contributed by atoms with van der Waals surface area (Å²) in [4.78, 5) is 24.8. The number of fused-ring (bicyclic) bond motifs is 1. The van der Waals surface area contributed by atoms with E-state index in [2.05, 4.69) is 0 Å². The predicted octanol–water partition coefficient (Wildman–Crippen LogP) is 2.53. The molecule has 23 heavy (non-hydrogen) atoms. The Morgan fingerprint density at radius 3 is 2.57 bits per heavy atom. The van der Waals surface area contributed by atoms with Gasteiger partial charge in [0.1, 0.15) is 5.56 Å². The number of rotatable bonds is 5. The molecule has 6 nitrogen and oxygen atoms in total. The summed E-state index contributed by atoms with van der Waals surface area (Å²) in [7, 11) is 3.09. The fourth-order valence-corrected chi connectivity index (χ4v) is 2.75. The van der Waals surface area contributed by atoms with E-state index >= 15 is 0 Å². The molecule has 0 unspecified atom stereocenters. The highest BCUT2D eigenvalue weighted by molar-refractivity contribution is 5.96. The Morgan fingerprint density at radius 1 is 1.26 bits per heavy atom. The first-order valence-corrected chi connectivity index (χ1v) is 7.59. The van der Waals surface area contributed by atoms with Gasteiger partial charge in [-0.1, -0.05) is 0 Å². The lowest BCUT2D eigenvalue weighted by molar-refractivity contribution is 0.0524. The summed E-state index contributed by atoms with van der Waals surface area (Å²) in [6.07, 6.45) is 3.59. The van der Waals surface area contributed by atoms with Gasteiger partial charge in [0.25, 0.3) is 0 Å². The van der Waals surface area contributed by atoms with Crippen LogP contribution < -0.4 is 14.9 Å². The maximum atomic E-state index is 12.7. The molecule has 6 heteroatoms. The number of pyridine rings is 1. The number of benzene rings is 1. The minimum atomic E-state index is -0.594. The third kappa shape index (κ3) is 2.54. The monoisotopic (exact) mass is 317 g/mol. The first-order chi connectivity index (χ1) is 11.1. The summed E-state index contributed by atoms with van der Waals surface area (Å²) in [5, 5.41) is 0.431. The Hall–Kier alpha value is -2.50. The van der Waals surface area contributed by atoms with Crippen molar-refractivity contribution in [3.8, 4) is 11.5 Å². The summed E-state index contributed by atoms with van der Waals surface area (Å²) < 4.78 is 17.7. The third-order valence-electron chi connectivity index (χ3n) is 3.97. The highest BCUT2D eigenvalue weighted by Gasteiger charge is 2.29. The van der Waals surface area contributed by atoms with E-state index in [0.717, 1.165) is 12.8 Å². The summed E-state index contributed by atoms with van der Waals surface area (Å²) in [5.74, 6) is 0.464. The van der Waals surface area contributed by atoms with Gasteiger partial charge in [-0.25, -0.2) is 4.79 Å². The van der Waals surface area contributed by atoms with Crippen molar-refractivity contribution in [3.63, 3.8) is 0 Å². The van der Waals surface area contributed by atoms with E-state index in [1.165, 1.54) is 7.11 Å². The van der Waals surface area contributed by atoms with Gasteiger partial charge in [-0.3, -0.25) is 4.79 Å².